The topological polar surface area (TPSA) is 83.7 Å². The number of hydrogen-bond acceptors (Lipinski definition) is 6. The highest BCUT2D eigenvalue weighted by Crippen LogP contribution is 2.39. The highest BCUT2D eigenvalue weighted by molar-refractivity contribution is 7.89. The van der Waals surface area contributed by atoms with Gasteiger partial charge in [0, 0.05) is 44.5 Å². The Morgan fingerprint density at radius 3 is 2.33 bits per heavy atom. The fourth-order valence-corrected chi connectivity index (χ4v) is 5.41. The molecule has 158 valence electrons. The molecule has 0 N–H and O–H groups in total. The molecule has 2 aliphatic rings. The van der Waals surface area contributed by atoms with Gasteiger partial charge in [-0.3, -0.25) is 4.40 Å². The predicted molar refractivity (Wildman–Crippen MR) is 114 cm³/mol. The number of rotatable bonds is 5. The van der Waals surface area contributed by atoms with Crippen molar-refractivity contribution in [3.05, 3.63) is 48.0 Å². The molecule has 2 aromatic heterocycles. The molecule has 8 nitrogen and oxygen atoms in total. The molecule has 1 saturated heterocycles. The molecule has 1 saturated carbocycles. The maximum absolute atomic E-state index is 13.1. The van der Waals surface area contributed by atoms with Crippen LogP contribution in [0, 0.1) is 0 Å². The van der Waals surface area contributed by atoms with Gasteiger partial charge in [0.2, 0.25) is 15.7 Å². The Kier molecular flexibility index (Phi) is 4.74. The van der Waals surface area contributed by atoms with E-state index in [1.807, 2.05) is 22.7 Å². The molecule has 0 unspecified atom stereocenters. The quantitative estimate of drug-likeness (QED) is 0.624. The van der Waals surface area contributed by atoms with E-state index < -0.39 is 10.0 Å². The predicted octanol–water partition coefficient (Wildman–Crippen LogP) is 2.64. The molecule has 1 aliphatic carbocycles. The van der Waals surface area contributed by atoms with E-state index in [0.29, 0.717) is 42.9 Å². The number of hydrogen-bond donors (Lipinski definition) is 0. The van der Waals surface area contributed by atoms with Gasteiger partial charge in [0.1, 0.15) is 5.82 Å². The van der Waals surface area contributed by atoms with Crippen LogP contribution >= 0.6 is 0 Å². The van der Waals surface area contributed by atoms with Crippen LogP contribution < -0.4 is 4.90 Å². The number of benzene rings is 1. The number of fused-ring (bicyclic) bond motifs is 1. The van der Waals surface area contributed by atoms with Crippen LogP contribution in [0.5, 0.6) is 0 Å². The van der Waals surface area contributed by atoms with Gasteiger partial charge in [-0.25, -0.2) is 13.4 Å². The van der Waals surface area contributed by atoms with E-state index in [-0.39, 0.29) is 0 Å². The summed E-state index contributed by atoms with van der Waals surface area (Å²) in [6, 6.07) is 7.24. The standard InChI is InChI=1S/C21H26N6O2S/c1-15(2)16-5-7-18(8-6-16)30(28,29)26-13-11-25(12-14-26)20-21-24-23-19(17-3-4-17)27(21)10-9-22-20/h5-10,15,17H,3-4,11-14H2,1-2H3. The van der Waals surface area contributed by atoms with Crippen molar-refractivity contribution in [2.24, 2.45) is 0 Å². The number of sulfonamides is 1. The van der Waals surface area contributed by atoms with E-state index >= 15 is 0 Å². The molecule has 3 heterocycles. The van der Waals surface area contributed by atoms with Crippen molar-refractivity contribution in [2.45, 2.75) is 43.4 Å². The lowest BCUT2D eigenvalue weighted by molar-refractivity contribution is 0.384. The summed E-state index contributed by atoms with van der Waals surface area (Å²) in [5.41, 5.74) is 1.89. The molecule has 1 aromatic carbocycles. The van der Waals surface area contributed by atoms with E-state index in [1.54, 1.807) is 22.6 Å². The van der Waals surface area contributed by atoms with Crippen molar-refractivity contribution in [3.8, 4) is 0 Å². The summed E-state index contributed by atoms with van der Waals surface area (Å²) in [7, 11) is -3.50. The summed E-state index contributed by atoms with van der Waals surface area (Å²) >= 11 is 0. The van der Waals surface area contributed by atoms with Gasteiger partial charge in [-0.2, -0.15) is 4.31 Å². The van der Waals surface area contributed by atoms with Crippen LogP contribution in [0.4, 0.5) is 5.82 Å². The molecule has 0 spiro atoms. The molecular weight excluding hydrogens is 400 g/mol. The highest BCUT2D eigenvalue weighted by Gasteiger charge is 2.32. The lowest BCUT2D eigenvalue weighted by Crippen LogP contribution is -2.49. The average molecular weight is 427 g/mol. The van der Waals surface area contributed by atoms with Gasteiger partial charge in [0.15, 0.2) is 5.82 Å². The third-order valence-electron chi connectivity index (χ3n) is 6.00. The van der Waals surface area contributed by atoms with E-state index in [2.05, 4.69) is 33.9 Å². The van der Waals surface area contributed by atoms with Crippen LogP contribution in [0.2, 0.25) is 0 Å². The Hall–Kier alpha value is -2.52. The first kappa shape index (κ1) is 19.4. The van der Waals surface area contributed by atoms with E-state index in [1.165, 1.54) is 0 Å². The van der Waals surface area contributed by atoms with Gasteiger partial charge in [-0.05, 0) is 36.5 Å². The summed E-state index contributed by atoms with van der Waals surface area (Å²) in [6.07, 6.45) is 6.01. The van der Waals surface area contributed by atoms with Gasteiger partial charge in [0.25, 0.3) is 0 Å². The molecular formula is C21H26N6O2S. The molecule has 1 aliphatic heterocycles. The zero-order valence-corrected chi connectivity index (χ0v) is 18.1. The minimum absolute atomic E-state index is 0.354. The number of aromatic nitrogens is 4. The first-order valence-electron chi connectivity index (χ1n) is 10.5. The molecule has 2 fully saturated rings. The SMILES string of the molecule is CC(C)c1ccc(S(=O)(=O)N2CCN(c3nccn4c(C5CC5)nnc34)CC2)cc1. The lowest BCUT2D eigenvalue weighted by atomic mass is 10.0. The first-order valence-corrected chi connectivity index (χ1v) is 11.9. The molecule has 0 bridgehead atoms. The van der Waals surface area contributed by atoms with Crippen molar-refractivity contribution in [1.82, 2.24) is 23.9 Å². The lowest BCUT2D eigenvalue weighted by Gasteiger charge is -2.34. The Balaban J connectivity index is 1.33. The Morgan fingerprint density at radius 2 is 1.70 bits per heavy atom. The van der Waals surface area contributed by atoms with Gasteiger partial charge in [-0.15, -0.1) is 10.2 Å². The van der Waals surface area contributed by atoms with Gasteiger partial charge >= 0.3 is 0 Å². The molecule has 3 aromatic rings. The molecule has 0 radical (unpaired) electrons. The average Bonchev–Trinajstić information content (AvgIpc) is 3.52. The molecule has 9 heteroatoms. The van der Waals surface area contributed by atoms with Gasteiger partial charge in [0.05, 0.1) is 4.90 Å². The Morgan fingerprint density at radius 1 is 1.00 bits per heavy atom. The molecule has 0 atom stereocenters. The second kappa shape index (κ2) is 7.31. The van der Waals surface area contributed by atoms with Crippen LogP contribution in [-0.4, -0.2) is 58.5 Å². The number of nitrogens with zero attached hydrogens (tertiary/aromatic N) is 6. The molecule has 0 amide bonds. The van der Waals surface area contributed by atoms with Crippen molar-refractivity contribution in [2.75, 3.05) is 31.1 Å². The monoisotopic (exact) mass is 426 g/mol. The van der Waals surface area contributed by atoms with Crippen LogP contribution in [0.15, 0.2) is 41.6 Å². The third kappa shape index (κ3) is 3.35. The maximum Gasteiger partial charge on any atom is 0.243 e. The summed E-state index contributed by atoms with van der Waals surface area (Å²) in [5.74, 6) is 2.65. The third-order valence-corrected chi connectivity index (χ3v) is 7.91. The normalized spacial score (nSPS) is 18.4. The Bertz CT molecular complexity index is 1160. The summed E-state index contributed by atoms with van der Waals surface area (Å²) in [6.45, 7) is 6.17. The molecule has 5 rings (SSSR count). The zero-order valence-electron chi connectivity index (χ0n) is 17.3. The van der Waals surface area contributed by atoms with Crippen LogP contribution in [0.25, 0.3) is 5.65 Å². The zero-order chi connectivity index (χ0) is 20.9. The van der Waals surface area contributed by atoms with Crippen molar-refractivity contribution in [3.63, 3.8) is 0 Å². The minimum atomic E-state index is -3.50. The largest absolute Gasteiger partial charge is 0.351 e. The fraction of sp³-hybridized carbons (Fsp3) is 0.476. The summed E-state index contributed by atoms with van der Waals surface area (Å²) < 4.78 is 29.7. The van der Waals surface area contributed by atoms with Crippen LogP contribution in [0.3, 0.4) is 0 Å². The van der Waals surface area contributed by atoms with Gasteiger partial charge in [-0.1, -0.05) is 26.0 Å². The number of anilines is 1. The first-order chi connectivity index (χ1) is 14.4. The molecule has 30 heavy (non-hydrogen) atoms. The van der Waals surface area contributed by atoms with Crippen molar-refractivity contribution in [1.29, 1.82) is 0 Å². The van der Waals surface area contributed by atoms with E-state index in [0.717, 1.165) is 35.7 Å². The second-order valence-corrected chi connectivity index (χ2v) is 10.3. The van der Waals surface area contributed by atoms with Crippen molar-refractivity contribution < 1.29 is 8.42 Å². The highest BCUT2D eigenvalue weighted by atomic mass is 32.2. The number of piperazine rings is 1. The van der Waals surface area contributed by atoms with Crippen LogP contribution in [-0.2, 0) is 10.0 Å². The fourth-order valence-electron chi connectivity index (χ4n) is 3.99. The van der Waals surface area contributed by atoms with Crippen molar-refractivity contribution >= 4 is 21.5 Å². The smallest absolute Gasteiger partial charge is 0.243 e. The minimum Gasteiger partial charge on any atom is -0.351 e. The van der Waals surface area contributed by atoms with Gasteiger partial charge < -0.3 is 4.90 Å². The summed E-state index contributed by atoms with van der Waals surface area (Å²) in [4.78, 5) is 6.99. The van der Waals surface area contributed by atoms with E-state index in [9.17, 15) is 8.42 Å². The van der Waals surface area contributed by atoms with Crippen LogP contribution in [0.1, 0.15) is 49.9 Å². The Labute approximate surface area is 176 Å². The summed E-state index contributed by atoms with van der Waals surface area (Å²) in [5, 5.41) is 8.74. The maximum atomic E-state index is 13.1. The van der Waals surface area contributed by atoms with E-state index in [4.69, 9.17) is 0 Å². The second-order valence-electron chi connectivity index (χ2n) is 8.39.